The lowest BCUT2D eigenvalue weighted by Crippen LogP contribution is -2.04. The van der Waals surface area contributed by atoms with Crippen molar-refractivity contribution in [1.29, 1.82) is 0 Å². The number of rotatable bonds is 4. The van der Waals surface area contributed by atoms with Gasteiger partial charge < -0.3 is 5.11 Å². The molecule has 1 N–H and O–H groups in total. The van der Waals surface area contributed by atoms with Gasteiger partial charge in [0.1, 0.15) is 0 Å². The van der Waals surface area contributed by atoms with Crippen molar-refractivity contribution in [1.82, 2.24) is 0 Å². The molecule has 0 saturated heterocycles. The molecule has 0 fully saturated rings. The van der Waals surface area contributed by atoms with E-state index in [2.05, 4.69) is 11.8 Å². The van der Waals surface area contributed by atoms with Crippen molar-refractivity contribution in [2.45, 2.75) is 32.3 Å². The predicted octanol–water partition coefficient (Wildman–Crippen LogP) is 1.78. The molecule has 0 amide bonds. The topological polar surface area (TPSA) is 20.2 Å². The molecule has 10 heavy (non-hydrogen) atoms. The zero-order valence-corrected chi connectivity index (χ0v) is 6.99. The summed E-state index contributed by atoms with van der Waals surface area (Å²) in [7, 11) is 0. The summed E-state index contributed by atoms with van der Waals surface area (Å²) in [6.07, 6.45) is 1.92. The number of alkyl halides is 1. The second-order valence-corrected chi connectivity index (χ2v) is 2.49. The minimum Gasteiger partial charge on any atom is -0.392 e. The van der Waals surface area contributed by atoms with Gasteiger partial charge in [0.05, 0.1) is 6.10 Å². The Morgan fingerprint density at radius 2 is 2.30 bits per heavy atom. The minimum absolute atomic E-state index is 0.286. The van der Waals surface area contributed by atoms with Crippen molar-refractivity contribution in [2.24, 2.45) is 0 Å². The summed E-state index contributed by atoms with van der Waals surface area (Å²) in [5.41, 5.74) is 0. The summed E-state index contributed by atoms with van der Waals surface area (Å²) in [6, 6.07) is 0. The van der Waals surface area contributed by atoms with Crippen LogP contribution in [0, 0.1) is 11.8 Å². The molecule has 0 rings (SSSR count). The van der Waals surface area contributed by atoms with Gasteiger partial charge in [-0.15, -0.1) is 23.4 Å². The Labute approximate surface area is 67.4 Å². The molecule has 0 aliphatic heterocycles. The fourth-order valence-corrected chi connectivity index (χ4v) is 0.789. The quantitative estimate of drug-likeness (QED) is 0.491. The van der Waals surface area contributed by atoms with E-state index in [1.165, 1.54) is 0 Å². The molecular weight excluding hydrogens is 148 g/mol. The molecule has 0 saturated carbocycles. The lowest BCUT2D eigenvalue weighted by atomic mass is 10.1. The summed E-state index contributed by atoms with van der Waals surface area (Å²) in [4.78, 5) is 0. The normalized spacial score (nSPS) is 11.9. The molecule has 58 valence electrons. The van der Waals surface area contributed by atoms with Crippen molar-refractivity contribution in [3.8, 4) is 11.8 Å². The predicted molar refractivity (Wildman–Crippen MR) is 44.0 cm³/mol. The third-order valence-corrected chi connectivity index (χ3v) is 1.45. The van der Waals surface area contributed by atoms with Crippen LogP contribution in [0.1, 0.15) is 26.2 Å². The van der Waals surface area contributed by atoms with Crippen molar-refractivity contribution in [3.63, 3.8) is 0 Å². The van der Waals surface area contributed by atoms with Crippen LogP contribution in [-0.4, -0.2) is 17.1 Å². The average Bonchev–Trinajstić information content (AvgIpc) is 1.97. The lowest BCUT2D eigenvalue weighted by molar-refractivity contribution is 0.169. The van der Waals surface area contributed by atoms with Gasteiger partial charge in [0, 0.05) is 12.3 Å². The molecule has 0 aliphatic rings. The Kier molecular flexibility index (Phi) is 6.79. The van der Waals surface area contributed by atoms with Crippen LogP contribution in [0.3, 0.4) is 0 Å². The molecule has 0 radical (unpaired) electrons. The van der Waals surface area contributed by atoms with Crippen LogP contribution >= 0.6 is 11.6 Å². The highest BCUT2D eigenvalue weighted by molar-refractivity contribution is 6.17. The Hall–Kier alpha value is -0.190. The molecule has 0 bridgehead atoms. The number of aliphatic hydroxyl groups excluding tert-OH is 1. The number of halogens is 1. The summed E-state index contributed by atoms with van der Waals surface area (Å²) in [5.74, 6) is 6.17. The highest BCUT2D eigenvalue weighted by Crippen LogP contribution is 2.01. The zero-order valence-electron chi connectivity index (χ0n) is 6.23. The van der Waals surface area contributed by atoms with Crippen LogP contribution < -0.4 is 0 Å². The fraction of sp³-hybridized carbons (Fsp3) is 0.750. The van der Waals surface area contributed by atoms with Crippen molar-refractivity contribution >= 4 is 11.6 Å². The summed E-state index contributed by atoms with van der Waals surface area (Å²) >= 11 is 5.43. The molecule has 1 atom stereocenters. The van der Waals surface area contributed by atoms with Crippen molar-refractivity contribution in [2.75, 3.05) is 5.88 Å². The molecule has 0 aromatic carbocycles. The van der Waals surface area contributed by atoms with Gasteiger partial charge in [-0.05, 0) is 19.8 Å². The third-order valence-electron chi connectivity index (χ3n) is 1.19. The smallest absolute Gasteiger partial charge is 0.0649 e. The molecule has 2 heteroatoms. The number of hydrogen-bond donors (Lipinski definition) is 1. The Bertz CT molecular complexity index is 123. The lowest BCUT2D eigenvalue weighted by Gasteiger charge is -2.03. The zero-order chi connectivity index (χ0) is 7.82. The molecule has 0 aromatic rings. The molecule has 0 heterocycles. The first-order valence-corrected chi connectivity index (χ1v) is 3.98. The van der Waals surface area contributed by atoms with E-state index in [1.54, 1.807) is 6.92 Å². The largest absolute Gasteiger partial charge is 0.392 e. The summed E-state index contributed by atoms with van der Waals surface area (Å²) < 4.78 is 0. The molecule has 0 aromatic heterocycles. The van der Waals surface area contributed by atoms with Crippen LogP contribution in [0.5, 0.6) is 0 Å². The fourth-order valence-electron chi connectivity index (χ4n) is 0.635. The average molecular weight is 161 g/mol. The maximum absolute atomic E-state index is 9.15. The van der Waals surface area contributed by atoms with E-state index in [-0.39, 0.29) is 6.10 Å². The van der Waals surface area contributed by atoms with E-state index in [4.69, 9.17) is 16.7 Å². The number of aliphatic hydroxyl groups is 1. The van der Waals surface area contributed by atoms with E-state index in [1.807, 2.05) is 0 Å². The first-order valence-electron chi connectivity index (χ1n) is 3.45. The second kappa shape index (κ2) is 6.92. The van der Waals surface area contributed by atoms with Gasteiger partial charge in [-0.25, -0.2) is 0 Å². The highest BCUT2D eigenvalue weighted by atomic mass is 35.5. The molecular formula is C8H13ClO. The van der Waals surface area contributed by atoms with E-state index in [9.17, 15) is 0 Å². The molecule has 0 aliphatic carbocycles. The van der Waals surface area contributed by atoms with Crippen LogP contribution in [-0.2, 0) is 0 Å². The van der Waals surface area contributed by atoms with Crippen LogP contribution in [0.15, 0.2) is 0 Å². The van der Waals surface area contributed by atoms with Gasteiger partial charge in [0.15, 0.2) is 0 Å². The highest BCUT2D eigenvalue weighted by Gasteiger charge is 1.99. The monoisotopic (exact) mass is 160 g/mol. The standard InChI is InChI=1S/C8H13ClO/c1-2-3-5-8(10)6-4-7-9/h8,10H,4-7H2,1H3. The Morgan fingerprint density at radius 3 is 2.80 bits per heavy atom. The molecule has 1 unspecified atom stereocenters. The van der Waals surface area contributed by atoms with Crippen molar-refractivity contribution < 1.29 is 5.11 Å². The van der Waals surface area contributed by atoms with Gasteiger partial charge in [0.25, 0.3) is 0 Å². The van der Waals surface area contributed by atoms with E-state index >= 15 is 0 Å². The maximum atomic E-state index is 9.15. The second-order valence-electron chi connectivity index (χ2n) is 2.12. The first kappa shape index (κ1) is 9.81. The van der Waals surface area contributed by atoms with E-state index < -0.39 is 0 Å². The van der Waals surface area contributed by atoms with Gasteiger partial charge in [-0.3, -0.25) is 0 Å². The van der Waals surface area contributed by atoms with Gasteiger partial charge in [-0.1, -0.05) is 0 Å². The van der Waals surface area contributed by atoms with Crippen LogP contribution in [0.4, 0.5) is 0 Å². The third kappa shape index (κ3) is 5.94. The Balaban J connectivity index is 3.21. The summed E-state index contributed by atoms with van der Waals surface area (Å²) in [5, 5.41) is 9.15. The first-order chi connectivity index (χ1) is 4.81. The summed E-state index contributed by atoms with van der Waals surface area (Å²) in [6.45, 7) is 1.77. The van der Waals surface area contributed by atoms with Gasteiger partial charge >= 0.3 is 0 Å². The minimum atomic E-state index is -0.286. The van der Waals surface area contributed by atoms with Crippen LogP contribution in [0.2, 0.25) is 0 Å². The maximum Gasteiger partial charge on any atom is 0.0649 e. The van der Waals surface area contributed by atoms with E-state index in [0.717, 1.165) is 12.8 Å². The van der Waals surface area contributed by atoms with Crippen LogP contribution in [0.25, 0.3) is 0 Å². The molecule has 1 nitrogen and oxygen atoms in total. The van der Waals surface area contributed by atoms with E-state index in [0.29, 0.717) is 12.3 Å². The van der Waals surface area contributed by atoms with Gasteiger partial charge in [0.2, 0.25) is 0 Å². The molecule has 0 spiro atoms. The Morgan fingerprint density at radius 1 is 1.60 bits per heavy atom. The number of hydrogen-bond acceptors (Lipinski definition) is 1. The van der Waals surface area contributed by atoms with Crippen molar-refractivity contribution in [3.05, 3.63) is 0 Å². The van der Waals surface area contributed by atoms with Gasteiger partial charge in [-0.2, -0.15) is 0 Å². The SMILES string of the molecule is CC#CCC(O)CCCCl.